The molecule has 0 saturated carbocycles. The van der Waals surface area contributed by atoms with E-state index in [-0.39, 0.29) is 26.6 Å². The first-order valence-corrected chi connectivity index (χ1v) is 19.9. The second-order valence-corrected chi connectivity index (χ2v) is 16.0. The quantitative estimate of drug-likeness (QED) is 0.149. The molecule has 59 heavy (non-hydrogen) atoms. The molecule has 3 heterocycles. The summed E-state index contributed by atoms with van der Waals surface area (Å²) in [5.74, 6) is 0.866. The summed E-state index contributed by atoms with van der Waals surface area (Å²) in [6.07, 6.45) is 1.89. The molecule has 1 aliphatic rings. The Hall–Kier alpha value is -6.42. The number of anilines is 6. The standard InChI is InChI=1S/C53H43N5.Pt/c1-37-31-32-54-51(33-37)58-47-26-12-11-23-45(47)46-30-29-42(35-50(46)58)57(52-43(38-17-7-5-8-18-38)24-16-25-44(52)39-19-9-6-10-20-39)41-22-15-21-40(34-41)55-36-56(53(2,3)4)49-28-14-13-27-48(49)55;/h5-33H,36H2,1-4H3;/q-2;+2. The summed E-state index contributed by atoms with van der Waals surface area (Å²) in [6, 6.07) is 68.5. The van der Waals surface area contributed by atoms with Crippen LogP contribution in [0.3, 0.4) is 0 Å². The second kappa shape index (κ2) is 15.4. The number of para-hydroxylation sites is 4. The van der Waals surface area contributed by atoms with Gasteiger partial charge in [0.25, 0.3) is 0 Å². The van der Waals surface area contributed by atoms with Gasteiger partial charge in [-0.25, -0.2) is 4.98 Å². The fourth-order valence-corrected chi connectivity index (χ4v) is 8.48. The first-order chi connectivity index (χ1) is 28.3. The van der Waals surface area contributed by atoms with Crippen LogP contribution in [0.2, 0.25) is 0 Å². The number of rotatable bonds is 7. The molecule has 0 bridgehead atoms. The maximum atomic E-state index is 4.89. The van der Waals surface area contributed by atoms with E-state index in [0.717, 1.165) is 84.9 Å². The van der Waals surface area contributed by atoms with Gasteiger partial charge in [-0.15, -0.1) is 35.7 Å². The predicted octanol–water partition coefficient (Wildman–Crippen LogP) is 13.6. The summed E-state index contributed by atoms with van der Waals surface area (Å²) in [5, 5.41) is 2.28. The summed E-state index contributed by atoms with van der Waals surface area (Å²) in [4.78, 5) is 12.1. The summed E-state index contributed by atoms with van der Waals surface area (Å²) in [7, 11) is 0. The summed E-state index contributed by atoms with van der Waals surface area (Å²) in [5.41, 5.74) is 13.9. The Labute approximate surface area is 361 Å². The molecule has 0 unspecified atom stereocenters. The largest absolute Gasteiger partial charge is 2.00 e. The Morgan fingerprint density at radius 1 is 0.593 bits per heavy atom. The number of nitrogens with zero attached hydrogens (tertiary/aromatic N) is 5. The van der Waals surface area contributed by atoms with Gasteiger partial charge in [0.05, 0.1) is 23.7 Å². The van der Waals surface area contributed by atoms with Gasteiger partial charge >= 0.3 is 21.1 Å². The minimum atomic E-state index is -0.0668. The van der Waals surface area contributed by atoms with Crippen molar-refractivity contribution in [2.45, 2.75) is 33.2 Å². The molecule has 0 amide bonds. The van der Waals surface area contributed by atoms with E-state index in [1.54, 1.807) is 0 Å². The normalized spacial score (nSPS) is 12.5. The van der Waals surface area contributed by atoms with Crippen molar-refractivity contribution in [2.75, 3.05) is 21.4 Å². The minimum Gasteiger partial charge on any atom is -0.357 e. The number of fused-ring (bicyclic) bond motifs is 4. The van der Waals surface area contributed by atoms with Gasteiger partial charge < -0.3 is 19.3 Å². The number of hydrogen-bond donors (Lipinski definition) is 0. The molecule has 0 saturated heterocycles. The molecule has 9 aromatic rings. The van der Waals surface area contributed by atoms with Crippen LogP contribution in [-0.4, -0.2) is 21.8 Å². The van der Waals surface area contributed by atoms with Crippen LogP contribution in [0.5, 0.6) is 0 Å². The number of hydrogen-bond acceptors (Lipinski definition) is 4. The first kappa shape index (κ1) is 38.1. The fourth-order valence-electron chi connectivity index (χ4n) is 8.48. The molecule has 0 radical (unpaired) electrons. The van der Waals surface area contributed by atoms with Gasteiger partial charge in [0.2, 0.25) is 0 Å². The molecule has 290 valence electrons. The first-order valence-electron chi connectivity index (χ1n) is 19.9. The van der Waals surface area contributed by atoms with E-state index in [4.69, 9.17) is 4.98 Å². The van der Waals surface area contributed by atoms with Crippen molar-refractivity contribution < 1.29 is 21.1 Å². The van der Waals surface area contributed by atoms with E-state index < -0.39 is 0 Å². The van der Waals surface area contributed by atoms with E-state index in [1.807, 2.05) is 12.3 Å². The molecule has 10 rings (SSSR count). The molecular formula is C53H43N5Pt. The summed E-state index contributed by atoms with van der Waals surface area (Å²) < 4.78 is 2.25. The third-order valence-electron chi connectivity index (χ3n) is 11.2. The number of pyridine rings is 1. The van der Waals surface area contributed by atoms with Crippen LogP contribution in [0.4, 0.5) is 34.1 Å². The summed E-state index contributed by atoms with van der Waals surface area (Å²) >= 11 is 0. The van der Waals surface area contributed by atoms with E-state index >= 15 is 0 Å². The number of benzene rings is 7. The van der Waals surface area contributed by atoms with Crippen molar-refractivity contribution >= 4 is 55.9 Å². The number of aryl methyl sites for hydroxylation is 1. The Bertz CT molecular complexity index is 2890. The zero-order valence-electron chi connectivity index (χ0n) is 33.5. The Morgan fingerprint density at radius 2 is 1.22 bits per heavy atom. The third kappa shape index (κ3) is 6.80. The molecule has 0 atom stereocenters. The Morgan fingerprint density at radius 3 is 1.92 bits per heavy atom. The average Bonchev–Trinajstić information content (AvgIpc) is 3.81. The molecule has 1 aliphatic heterocycles. The van der Waals surface area contributed by atoms with Gasteiger partial charge in [-0.1, -0.05) is 132 Å². The van der Waals surface area contributed by atoms with E-state index in [1.165, 1.54) is 11.4 Å². The SMILES string of the molecule is Cc1ccnc(-n2c3[c-]c(N(c4[c-]c(N5CN(C(C)(C)C)c6ccccc65)ccc4)c4c(-c5ccccc5)cccc4-c4ccccc4)ccc3c3ccccc32)c1.[Pt+2]. The average molecular weight is 945 g/mol. The van der Waals surface area contributed by atoms with Gasteiger partial charge in [-0.2, -0.15) is 12.1 Å². The molecule has 7 aromatic carbocycles. The van der Waals surface area contributed by atoms with Crippen LogP contribution < -0.4 is 14.7 Å². The van der Waals surface area contributed by atoms with Crippen LogP contribution in [-0.2, 0) is 21.1 Å². The van der Waals surface area contributed by atoms with Gasteiger partial charge in [0, 0.05) is 28.4 Å². The summed E-state index contributed by atoms with van der Waals surface area (Å²) in [6.45, 7) is 9.67. The zero-order chi connectivity index (χ0) is 39.4. The van der Waals surface area contributed by atoms with Crippen molar-refractivity contribution in [1.29, 1.82) is 0 Å². The van der Waals surface area contributed by atoms with Gasteiger partial charge in [0.1, 0.15) is 5.82 Å². The second-order valence-electron chi connectivity index (χ2n) is 16.0. The smallest absolute Gasteiger partial charge is 0.357 e. The molecule has 0 fully saturated rings. The van der Waals surface area contributed by atoms with Crippen LogP contribution in [0.1, 0.15) is 26.3 Å². The molecule has 0 N–H and O–H groups in total. The molecule has 2 aromatic heterocycles. The van der Waals surface area contributed by atoms with E-state index in [9.17, 15) is 0 Å². The molecule has 6 heteroatoms. The van der Waals surface area contributed by atoms with Crippen LogP contribution >= 0.6 is 0 Å². The molecular weight excluding hydrogens is 902 g/mol. The van der Waals surface area contributed by atoms with Crippen LogP contribution in [0.25, 0.3) is 49.9 Å². The van der Waals surface area contributed by atoms with Crippen molar-refractivity contribution in [3.05, 3.63) is 194 Å². The van der Waals surface area contributed by atoms with E-state index in [0.29, 0.717) is 0 Å². The van der Waals surface area contributed by atoms with Crippen molar-refractivity contribution in [3.63, 3.8) is 0 Å². The Kier molecular flexibility index (Phi) is 9.95. The third-order valence-corrected chi connectivity index (χ3v) is 11.2. The molecule has 0 aliphatic carbocycles. The minimum absolute atomic E-state index is 0. The maximum absolute atomic E-state index is 4.89. The topological polar surface area (TPSA) is 27.5 Å². The fraction of sp³-hybridized carbons (Fsp3) is 0.113. The molecule has 5 nitrogen and oxygen atoms in total. The Balaban J connectivity index is 0.00000449. The van der Waals surface area contributed by atoms with Gasteiger partial charge in [-0.05, 0) is 80.1 Å². The van der Waals surface area contributed by atoms with Crippen molar-refractivity contribution in [1.82, 2.24) is 9.55 Å². The van der Waals surface area contributed by atoms with E-state index in [2.05, 4.69) is 223 Å². The van der Waals surface area contributed by atoms with Gasteiger partial charge in [0.15, 0.2) is 0 Å². The molecule has 0 spiro atoms. The van der Waals surface area contributed by atoms with Gasteiger partial charge in [-0.3, -0.25) is 0 Å². The number of aromatic nitrogens is 2. The zero-order valence-corrected chi connectivity index (χ0v) is 35.8. The van der Waals surface area contributed by atoms with Crippen molar-refractivity contribution in [2.24, 2.45) is 0 Å². The predicted molar refractivity (Wildman–Crippen MR) is 242 cm³/mol. The van der Waals surface area contributed by atoms with Crippen molar-refractivity contribution in [3.8, 4) is 28.1 Å². The van der Waals surface area contributed by atoms with Crippen LogP contribution in [0, 0.1) is 19.1 Å². The maximum Gasteiger partial charge on any atom is 2.00 e. The van der Waals surface area contributed by atoms with Crippen LogP contribution in [0.15, 0.2) is 176 Å². The monoisotopic (exact) mass is 944 g/mol.